The minimum atomic E-state index is -0.852. The van der Waals surface area contributed by atoms with Crippen LogP contribution in [0.15, 0.2) is 54.1 Å². The second kappa shape index (κ2) is 9.42. The molecule has 3 rings (SSSR count). The Labute approximate surface area is 168 Å². The van der Waals surface area contributed by atoms with Gasteiger partial charge in [0.1, 0.15) is 24.4 Å². The van der Waals surface area contributed by atoms with E-state index in [2.05, 4.69) is 5.32 Å². The number of nitrogens with zero attached hydrogens (tertiary/aromatic N) is 1. The number of para-hydroxylation sites is 2. The highest BCUT2D eigenvalue weighted by molar-refractivity contribution is 5.98. The van der Waals surface area contributed by atoms with Gasteiger partial charge < -0.3 is 19.5 Å². The lowest BCUT2D eigenvalue weighted by molar-refractivity contribution is -0.144. The van der Waals surface area contributed by atoms with Gasteiger partial charge in [0.25, 0.3) is 5.91 Å². The summed E-state index contributed by atoms with van der Waals surface area (Å²) in [6.45, 7) is 1.95. The zero-order valence-electron chi connectivity index (χ0n) is 15.9. The topological polar surface area (TPSA) is 97.7 Å². The molecule has 2 aromatic carbocycles. The molecule has 29 heavy (non-hydrogen) atoms. The molecule has 1 heterocycles. The first kappa shape index (κ1) is 20.0. The predicted molar refractivity (Wildman–Crippen MR) is 105 cm³/mol. The highest BCUT2D eigenvalue weighted by Crippen LogP contribution is 2.30. The predicted octanol–water partition coefficient (Wildman–Crippen LogP) is 2.40. The number of nitrogens with one attached hydrogen (secondary N) is 1. The first-order valence-corrected chi connectivity index (χ1v) is 9.06. The second-order valence-corrected chi connectivity index (χ2v) is 6.46. The van der Waals surface area contributed by atoms with Gasteiger partial charge in [0.15, 0.2) is 18.1 Å². The summed E-state index contributed by atoms with van der Waals surface area (Å²) in [6, 6.07) is 16.4. The molecular formula is C22H20N2O5. The molecule has 0 unspecified atom stereocenters. The Hall–Kier alpha value is -3.79. The van der Waals surface area contributed by atoms with Gasteiger partial charge in [0.05, 0.1) is 6.54 Å². The minimum Gasteiger partial charge on any atom is -0.486 e. The molecule has 0 spiro atoms. The number of esters is 1. The molecule has 1 amide bonds. The molecule has 1 atom stereocenters. The van der Waals surface area contributed by atoms with Crippen LogP contribution in [0.2, 0.25) is 0 Å². The zero-order valence-corrected chi connectivity index (χ0v) is 15.9. The molecule has 0 bridgehead atoms. The number of hydrogen-bond acceptors (Lipinski definition) is 6. The molecule has 7 heteroatoms. The highest BCUT2D eigenvalue weighted by atomic mass is 16.6. The van der Waals surface area contributed by atoms with E-state index in [1.54, 1.807) is 30.3 Å². The van der Waals surface area contributed by atoms with Crippen LogP contribution in [0.1, 0.15) is 11.1 Å². The van der Waals surface area contributed by atoms with Crippen LogP contribution in [0.4, 0.5) is 0 Å². The Morgan fingerprint density at radius 2 is 1.93 bits per heavy atom. The summed E-state index contributed by atoms with van der Waals surface area (Å²) in [5, 5.41) is 11.8. The van der Waals surface area contributed by atoms with Crippen molar-refractivity contribution in [2.45, 2.75) is 13.0 Å². The van der Waals surface area contributed by atoms with Crippen molar-refractivity contribution < 1.29 is 23.8 Å². The fourth-order valence-corrected chi connectivity index (χ4v) is 2.62. The number of amides is 1. The van der Waals surface area contributed by atoms with E-state index in [1.165, 1.54) is 6.08 Å². The summed E-state index contributed by atoms with van der Waals surface area (Å²) in [7, 11) is 0. The number of benzene rings is 2. The van der Waals surface area contributed by atoms with Gasteiger partial charge in [-0.25, -0.2) is 4.79 Å². The summed E-state index contributed by atoms with van der Waals surface area (Å²) in [5.41, 5.74) is 1.58. The largest absolute Gasteiger partial charge is 0.486 e. The summed E-state index contributed by atoms with van der Waals surface area (Å²) >= 11 is 0. The number of carbonyl (C=O) groups excluding carboxylic acids is 2. The van der Waals surface area contributed by atoms with Crippen molar-refractivity contribution in [3.63, 3.8) is 0 Å². The van der Waals surface area contributed by atoms with Gasteiger partial charge in [-0.05, 0) is 30.7 Å². The lowest BCUT2D eigenvalue weighted by atomic mass is 10.1. The third-order valence-electron chi connectivity index (χ3n) is 4.16. The van der Waals surface area contributed by atoms with Crippen LogP contribution in [0, 0.1) is 18.3 Å². The Bertz CT molecular complexity index is 960. The van der Waals surface area contributed by atoms with Gasteiger partial charge in [-0.15, -0.1) is 0 Å². The molecule has 0 saturated heterocycles. The van der Waals surface area contributed by atoms with Gasteiger partial charge in [-0.1, -0.05) is 42.0 Å². The molecule has 1 N–H and O–H groups in total. The molecule has 0 fully saturated rings. The monoisotopic (exact) mass is 392 g/mol. The van der Waals surface area contributed by atoms with Gasteiger partial charge in [0, 0.05) is 0 Å². The fourth-order valence-electron chi connectivity index (χ4n) is 2.62. The third-order valence-corrected chi connectivity index (χ3v) is 4.16. The second-order valence-electron chi connectivity index (χ2n) is 6.46. The molecule has 1 aliphatic heterocycles. The van der Waals surface area contributed by atoms with Crippen molar-refractivity contribution in [3.05, 3.63) is 65.2 Å². The molecule has 0 aromatic heterocycles. The van der Waals surface area contributed by atoms with Crippen LogP contribution in [0.5, 0.6) is 11.5 Å². The van der Waals surface area contributed by atoms with Crippen molar-refractivity contribution in [2.75, 3.05) is 19.8 Å². The van der Waals surface area contributed by atoms with Crippen molar-refractivity contribution in [1.29, 1.82) is 5.26 Å². The van der Waals surface area contributed by atoms with Crippen molar-refractivity contribution in [2.24, 2.45) is 0 Å². The van der Waals surface area contributed by atoms with E-state index in [1.807, 2.05) is 31.2 Å². The molecule has 2 aromatic rings. The maximum absolute atomic E-state index is 12.1. The van der Waals surface area contributed by atoms with E-state index in [4.69, 9.17) is 14.2 Å². The van der Waals surface area contributed by atoms with E-state index < -0.39 is 18.5 Å². The number of ether oxygens (including phenoxy) is 3. The lowest BCUT2D eigenvalue weighted by Gasteiger charge is -2.26. The van der Waals surface area contributed by atoms with Crippen molar-refractivity contribution in [1.82, 2.24) is 5.32 Å². The van der Waals surface area contributed by atoms with Gasteiger partial charge in [0.2, 0.25) is 0 Å². The first-order chi connectivity index (χ1) is 14.0. The Morgan fingerprint density at radius 1 is 1.21 bits per heavy atom. The average molecular weight is 392 g/mol. The third kappa shape index (κ3) is 5.59. The Balaban J connectivity index is 1.45. The Morgan fingerprint density at radius 3 is 2.66 bits per heavy atom. The van der Waals surface area contributed by atoms with Crippen LogP contribution in [-0.2, 0) is 14.3 Å². The van der Waals surface area contributed by atoms with E-state index in [9.17, 15) is 14.9 Å². The average Bonchev–Trinajstić information content (AvgIpc) is 2.75. The molecule has 0 aliphatic carbocycles. The zero-order chi connectivity index (χ0) is 20.6. The quantitative estimate of drug-likeness (QED) is 0.461. The Kier molecular flexibility index (Phi) is 6.48. The maximum atomic E-state index is 12.1. The van der Waals surface area contributed by atoms with E-state index in [0.29, 0.717) is 23.7 Å². The van der Waals surface area contributed by atoms with Gasteiger partial charge >= 0.3 is 5.97 Å². The molecule has 0 radical (unpaired) electrons. The number of rotatable bonds is 6. The molecule has 1 aliphatic rings. The van der Waals surface area contributed by atoms with Crippen LogP contribution >= 0.6 is 0 Å². The highest BCUT2D eigenvalue weighted by Gasteiger charge is 2.21. The van der Waals surface area contributed by atoms with Crippen LogP contribution in [-0.4, -0.2) is 37.7 Å². The fraction of sp³-hybridized carbons (Fsp3) is 0.227. The van der Waals surface area contributed by atoms with E-state index in [-0.39, 0.29) is 18.2 Å². The number of carbonyl (C=O) groups is 2. The standard InChI is InChI=1S/C22H20N2O5/c1-15-6-8-16(9-7-15)10-17(11-23)22(26)28-14-21(25)24-12-18-13-27-19-4-2-3-5-20(19)29-18/h2-10,18H,12-14H2,1H3,(H,24,25)/b17-10+/t18-/m0/s1. The maximum Gasteiger partial charge on any atom is 0.349 e. The minimum absolute atomic E-state index is 0.178. The van der Waals surface area contributed by atoms with Crippen LogP contribution in [0.25, 0.3) is 6.08 Å². The van der Waals surface area contributed by atoms with Crippen molar-refractivity contribution >= 4 is 18.0 Å². The van der Waals surface area contributed by atoms with Crippen molar-refractivity contribution in [3.8, 4) is 17.6 Å². The summed E-state index contributed by atoms with van der Waals surface area (Å²) in [5.74, 6) is -0.0689. The van der Waals surface area contributed by atoms with Gasteiger partial charge in [-0.3, -0.25) is 4.79 Å². The smallest absolute Gasteiger partial charge is 0.349 e. The molecule has 148 valence electrons. The summed E-state index contributed by atoms with van der Waals surface area (Å²) in [4.78, 5) is 24.0. The summed E-state index contributed by atoms with van der Waals surface area (Å²) < 4.78 is 16.2. The van der Waals surface area contributed by atoms with E-state index >= 15 is 0 Å². The summed E-state index contributed by atoms with van der Waals surface area (Å²) in [6.07, 6.45) is 1.07. The molecule has 7 nitrogen and oxygen atoms in total. The first-order valence-electron chi connectivity index (χ1n) is 9.06. The molecular weight excluding hydrogens is 372 g/mol. The molecule has 0 saturated carbocycles. The number of nitriles is 1. The van der Waals surface area contributed by atoms with Crippen LogP contribution in [0.3, 0.4) is 0 Å². The SMILES string of the molecule is Cc1ccc(/C=C(\C#N)C(=O)OCC(=O)NC[C@H]2COc3ccccc3O2)cc1. The number of fused-ring (bicyclic) bond motifs is 1. The number of aryl methyl sites for hydroxylation is 1. The normalized spacial score (nSPS) is 15.2. The van der Waals surface area contributed by atoms with Gasteiger partial charge in [-0.2, -0.15) is 5.26 Å². The van der Waals surface area contributed by atoms with E-state index in [0.717, 1.165) is 5.56 Å². The number of hydrogen-bond donors (Lipinski definition) is 1. The lowest BCUT2D eigenvalue weighted by Crippen LogP contribution is -2.42. The van der Waals surface area contributed by atoms with Crippen LogP contribution < -0.4 is 14.8 Å².